The van der Waals surface area contributed by atoms with Crippen molar-refractivity contribution >= 4 is 28.8 Å². The van der Waals surface area contributed by atoms with Gasteiger partial charge in [-0.15, -0.1) is 0 Å². The second-order valence-corrected chi connectivity index (χ2v) is 6.17. The maximum atomic E-state index is 6.43. The molecule has 0 radical (unpaired) electrons. The van der Waals surface area contributed by atoms with E-state index in [4.69, 9.17) is 11.5 Å². The molecule has 4 rings (SSSR count). The molecule has 0 saturated heterocycles. The van der Waals surface area contributed by atoms with Crippen LogP contribution >= 0.6 is 0 Å². The van der Waals surface area contributed by atoms with Crippen LogP contribution in [0.5, 0.6) is 0 Å². The fourth-order valence-electron chi connectivity index (χ4n) is 3.09. The summed E-state index contributed by atoms with van der Waals surface area (Å²) in [4.78, 5) is 7.33. The summed E-state index contributed by atoms with van der Waals surface area (Å²) in [6, 6.07) is 8.12. The Morgan fingerprint density at radius 1 is 1.30 bits per heavy atom. The summed E-state index contributed by atoms with van der Waals surface area (Å²) in [6.45, 7) is 0.841. The highest BCUT2D eigenvalue weighted by atomic mass is 15.5. The van der Waals surface area contributed by atoms with E-state index in [1.165, 1.54) is 25.6 Å². The highest BCUT2D eigenvalue weighted by Gasteiger charge is 2.26. The number of nitrogens with zero attached hydrogens (tertiary/aromatic N) is 3. The van der Waals surface area contributed by atoms with Crippen molar-refractivity contribution in [3.8, 4) is 0 Å². The van der Waals surface area contributed by atoms with Gasteiger partial charge < -0.3 is 16.5 Å². The third-order valence-corrected chi connectivity index (χ3v) is 4.67. The molecule has 2 aliphatic rings. The van der Waals surface area contributed by atoms with Crippen LogP contribution in [0.3, 0.4) is 0 Å². The van der Waals surface area contributed by atoms with E-state index >= 15 is 0 Å². The number of hydrazone groups is 1. The van der Waals surface area contributed by atoms with E-state index in [1.807, 2.05) is 35.5 Å². The minimum Gasteiger partial charge on any atom is -0.396 e. The smallest absolute Gasteiger partial charge is 0.153 e. The molecule has 1 aromatic carbocycles. The van der Waals surface area contributed by atoms with Crippen molar-refractivity contribution in [3.05, 3.63) is 41.7 Å². The molecule has 6 nitrogen and oxygen atoms in total. The fourth-order valence-corrected chi connectivity index (χ4v) is 3.09. The van der Waals surface area contributed by atoms with Crippen molar-refractivity contribution in [1.82, 2.24) is 9.99 Å². The Labute approximate surface area is 134 Å². The van der Waals surface area contributed by atoms with E-state index in [9.17, 15) is 0 Å². The molecule has 1 aliphatic carbocycles. The van der Waals surface area contributed by atoms with E-state index in [0.717, 1.165) is 23.0 Å². The van der Waals surface area contributed by atoms with Crippen LogP contribution < -0.4 is 11.5 Å². The summed E-state index contributed by atoms with van der Waals surface area (Å²) in [5.41, 5.74) is 15.8. The van der Waals surface area contributed by atoms with Crippen LogP contribution in [0, 0.1) is 5.92 Å². The zero-order valence-electron chi connectivity index (χ0n) is 12.9. The molecule has 118 valence electrons. The summed E-state index contributed by atoms with van der Waals surface area (Å²) in [5.74, 6) is 1.08. The molecule has 2 aromatic rings. The van der Waals surface area contributed by atoms with Gasteiger partial charge in [-0.3, -0.25) is 5.01 Å². The third-order valence-electron chi connectivity index (χ3n) is 4.67. The largest absolute Gasteiger partial charge is 0.396 e. The number of benzene rings is 1. The van der Waals surface area contributed by atoms with Crippen LogP contribution in [0.2, 0.25) is 0 Å². The van der Waals surface area contributed by atoms with E-state index < -0.39 is 0 Å². The molecule has 23 heavy (non-hydrogen) atoms. The quantitative estimate of drug-likeness (QED) is 0.811. The Hall–Kier alpha value is -2.76. The number of aromatic amines is 1. The van der Waals surface area contributed by atoms with Gasteiger partial charge in [-0.2, -0.15) is 5.10 Å². The first-order valence-corrected chi connectivity index (χ1v) is 7.93. The average molecular weight is 308 g/mol. The SMILES string of the molecule is NC1=NC=NN(CC2CCC2)/C1=C(\N)c1ccc2cc[nH]c2c1. The summed E-state index contributed by atoms with van der Waals surface area (Å²) < 4.78 is 0. The van der Waals surface area contributed by atoms with Gasteiger partial charge in [0, 0.05) is 23.8 Å². The van der Waals surface area contributed by atoms with Gasteiger partial charge in [-0.05, 0) is 36.3 Å². The monoisotopic (exact) mass is 308 g/mol. The van der Waals surface area contributed by atoms with Gasteiger partial charge in [-0.25, -0.2) is 4.99 Å². The molecule has 0 atom stereocenters. The Morgan fingerprint density at radius 3 is 2.96 bits per heavy atom. The number of hydrogen-bond acceptors (Lipinski definition) is 5. The van der Waals surface area contributed by atoms with Crippen molar-refractivity contribution in [1.29, 1.82) is 0 Å². The third kappa shape index (κ3) is 2.46. The normalized spacial score (nSPS) is 20.5. The molecule has 0 unspecified atom stereocenters. The van der Waals surface area contributed by atoms with Gasteiger partial charge in [0.2, 0.25) is 0 Å². The first-order chi connectivity index (χ1) is 11.2. The van der Waals surface area contributed by atoms with Gasteiger partial charge in [0.1, 0.15) is 12.0 Å². The van der Waals surface area contributed by atoms with Crippen LogP contribution in [0.1, 0.15) is 24.8 Å². The summed E-state index contributed by atoms with van der Waals surface area (Å²) in [7, 11) is 0. The Bertz CT molecular complexity index is 824. The summed E-state index contributed by atoms with van der Waals surface area (Å²) >= 11 is 0. The number of rotatable bonds is 3. The average Bonchev–Trinajstić information content (AvgIpc) is 2.98. The van der Waals surface area contributed by atoms with E-state index in [1.54, 1.807) is 0 Å². The molecule has 0 amide bonds. The minimum atomic E-state index is 0.420. The number of H-pyrrole nitrogens is 1. The van der Waals surface area contributed by atoms with Crippen LogP contribution in [-0.2, 0) is 0 Å². The molecule has 5 N–H and O–H groups in total. The summed E-state index contributed by atoms with van der Waals surface area (Å²) in [5, 5.41) is 7.43. The molecule has 1 aliphatic heterocycles. The van der Waals surface area contributed by atoms with Crippen LogP contribution in [0.25, 0.3) is 16.6 Å². The topological polar surface area (TPSA) is 95.8 Å². The van der Waals surface area contributed by atoms with Crippen LogP contribution in [-0.4, -0.2) is 28.7 Å². The van der Waals surface area contributed by atoms with Gasteiger partial charge in [0.25, 0.3) is 0 Å². The lowest BCUT2D eigenvalue weighted by Gasteiger charge is -2.33. The Kier molecular flexibility index (Phi) is 3.29. The Balaban J connectivity index is 1.73. The second-order valence-electron chi connectivity index (χ2n) is 6.17. The predicted molar refractivity (Wildman–Crippen MR) is 93.6 cm³/mol. The van der Waals surface area contributed by atoms with Crippen molar-refractivity contribution in [3.63, 3.8) is 0 Å². The van der Waals surface area contributed by atoms with Gasteiger partial charge >= 0.3 is 0 Å². The number of nitrogens with one attached hydrogen (secondary N) is 1. The molecule has 1 aromatic heterocycles. The number of amidine groups is 1. The van der Waals surface area contributed by atoms with E-state index in [2.05, 4.69) is 15.1 Å². The van der Waals surface area contributed by atoms with Gasteiger partial charge in [-0.1, -0.05) is 18.6 Å². The number of aromatic nitrogens is 1. The molecule has 0 spiro atoms. The lowest BCUT2D eigenvalue weighted by Crippen LogP contribution is -2.37. The van der Waals surface area contributed by atoms with Crippen molar-refractivity contribution < 1.29 is 0 Å². The number of hydrogen-bond donors (Lipinski definition) is 3. The second kappa shape index (κ2) is 5.46. The molecule has 1 fully saturated rings. The molecular formula is C17H20N6. The molecular weight excluding hydrogens is 288 g/mol. The Morgan fingerprint density at radius 2 is 2.17 bits per heavy atom. The lowest BCUT2D eigenvalue weighted by atomic mass is 9.85. The fraction of sp³-hybridized carbons (Fsp3) is 0.294. The highest BCUT2D eigenvalue weighted by molar-refractivity contribution is 6.07. The maximum Gasteiger partial charge on any atom is 0.153 e. The number of aliphatic imine (C=N–C) groups is 1. The van der Waals surface area contributed by atoms with E-state index in [0.29, 0.717) is 23.1 Å². The lowest BCUT2D eigenvalue weighted by molar-refractivity contribution is 0.222. The van der Waals surface area contributed by atoms with Crippen LogP contribution in [0.4, 0.5) is 0 Å². The van der Waals surface area contributed by atoms with Crippen molar-refractivity contribution in [2.75, 3.05) is 6.54 Å². The zero-order valence-corrected chi connectivity index (χ0v) is 12.9. The van der Waals surface area contributed by atoms with Gasteiger partial charge in [0.05, 0.1) is 5.70 Å². The van der Waals surface area contributed by atoms with E-state index in [-0.39, 0.29) is 0 Å². The molecule has 6 heteroatoms. The maximum absolute atomic E-state index is 6.43. The first kappa shape index (κ1) is 13.9. The standard InChI is InChI=1S/C17H20N6/c18-15(13-5-4-12-6-7-20-14(12)8-13)16-17(19)21-10-22-23(16)9-11-2-1-3-11/h4-8,10-11,20H,1-3,9,18H2,(H2,19,21,22)/b16-15-. The minimum absolute atomic E-state index is 0.420. The first-order valence-electron chi connectivity index (χ1n) is 7.93. The highest BCUT2D eigenvalue weighted by Crippen LogP contribution is 2.30. The zero-order chi connectivity index (χ0) is 15.8. The molecule has 0 bridgehead atoms. The van der Waals surface area contributed by atoms with Crippen LogP contribution in [0.15, 0.2) is 46.3 Å². The predicted octanol–water partition coefficient (Wildman–Crippen LogP) is 2.21. The molecule has 1 saturated carbocycles. The summed E-state index contributed by atoms with van der Waals surface area (Å²) in [6.07, 6.45) is 7.19. The van der Waals surface area contributed by atoms with Gasteiger partial charge in [0.15, 0.2) is 5.84 Å². The van der Waals surface area contributed by atoms with Crippen molar-refractivity contribution in [2.24, 2.45) is 27.5 Å². The number of nitrogens with two attached hydrogens (primary N) is 2. The molecule has 2 heterocycles. The van der Waals surface area contributed by atoms with Crippen molar-refractivity contribution in [2.45, 2.75) is 19.3 Å². The number of fused-ring (bicyclic) bond motifs is 1.